The summed E-state index contributed by atoms with van der Waals surface area (Å²) in [6.45, 7) is 1.62. The van der Waals surface area contributed by atoms with Crippen LogP contribution >= 0.6 is 0 Å². The molecule has 2 aromatic heterocycles. The lowest BCUT2D eigenvalue weighted by molar-refractivity contribution is -0.141. The Morgan fingerprint density at radius 2 is 2.00 bits per heavy atom. The average Bonchev–Trinajstić information content (AvgIpc) is 2.81. The molecule has 0 spiro atoms. The van der Waals surface area contributed by atoms with Gasteiger partial charge in [0.05, 0.1) is 11.3 Å². The van der Waals surface area contributed by atoms with Crippen LogP contribution in [0.15, 0.2) is 12.3 Å². The molecule has 3 N–H and O–H groups in total. The molecule has 9 heteroatoms. The SMILES string of the molecule is Cc1nn(C)c(-n2ccc(C(F)(F)F)n2)c1C(=N)N. The minimum absolute atomic E-state index is 0.223. The highest BCUT2D eigenvalue weighted by atomic mass is 19.4. The largest absolute Gasteiger partial charge is 0.435 e. The van der Waals surface area contributed by atoms with E-state index in [0.717, 1.165) is 16.9 Å². The molecule has 2 aromatic rings. The van der Waals surface area contributed by atoms with E-state index in [1.807, 2.05) is 0 Å². The summed E-state index contributed by atoms with van der Waals surface area (Å²) in [5, 5.41) is 15.0. The molecule has 0 amide bonds. The zero-order chi connectivity index (χ0) is 14.4. The Morgan fingerprint density at radius 1 is 1.37 bits per heavy atom. The molecule has 0 aromatic carbocycles. The summed E-state index contributed by atoms with van der Waals surface area (Å²) >= 11 is 0. The Bertz CT molecular complexity index is 636. The van der Waals surface area contributed by atoms with Crippen LogP contribution in [0.5, 0.6) is 0 Å². The van der Waals surface area contributed by atoms with Gasteiger partial charge in [-0.05, 0) is 13.0 Å². The molecular formula is C10H11F3N6. The van der Waals surface area contributed by atoms with Crippen molar-refractivity contribution in [3.05, 3.63) is 29.2 Å². The molecule has 0 atom stereocenters. The minimum Gasteiger partial charge on any atom is -0.384 e. The summed E-state index contributed by atoms with van der Waals surface area (Å²) in [5.41, 5.74) is 5.13. The molecule has 6 nitrogen and oxygen atoms in total. The molecule has 0 aliphatic rings. The standard InChI is InChI=1S/C10H11F3N6/c1-5-7(8(14)15)9(18(2)16-5)19-4-3-6(17-19)10(11,12)13/h3-4H,1-2H3,(H3,14,15). The number of halogens is 3. The number of hydrogen-bond donors (Lipinski definition) is 2. The Kier molecular flexibility index (Phi) is 2.84. The summed E-state index contributed by atoms with van der Waals surface area (Å²) in [6.07, 6.45) is -3.36. The van der Waals surface area contributed by atoms with E-state index in [9.17, 15) is 13.2 Å². The second kappa shape index (κ2) is 4.11. The van der Waals surface area contributed by atoms with Crippen LogP contribution in [0.4, 0.5) is 13.2 Å². The third-order valence-corrected chi connectivity index (χ3v) is 2.56. The van der Waals surface area contributed by atoms with Gasteiger partial charge in [0, 0.05) is 13.2 Å². The number of hydrogen-bond acceptors (Lipinski definition) is 3. The highest BCUT2D eigenvalue weighted by molar-refractivity contribution is 5.99. The van der Waals surface area contributed by atoms with Crippen molar-refractivity contribution in [1.29, 1.82) is 5.41 Å². The number of nitrogens with zero attached hydrogens (tertiary/aromatic N) is 4. The van der Waals surface area contributed by atoms with Crippen LogP contribution < -0.4 is 5.73 Å². The predicted molar refractivity (Wildman–Crippen MR) is 61.1 cm³/mol. The lowest BCUT2D eigenvalue weighted by atomic mass is 10.2. The van der Waals surface area contributed by atoms with Gasteiger partial charge in [0.1, 0.15) is 5.84 Å². The van der Waals surface area contributed by atoms with Crippen molar-refractivity contribution in [3.8, 4) is 5.82 Å². The van der Waals surface area contributed by atoms with Crippen LogP contribution in [-0.4, -0.2) is 25.4 Å². The number of nitrogen functional groups attached to an aromatic ring is 1. The number of aryl methyl sites for hydroxylation is 2. The number of nitrogens with one attached hydrogen (secondary N) is 1. The zero-order valence-electron chi connectivity index (χ0n) is 10.2. The summed E-state index contributed by atoms with van der Waals surface area (Å²) in [5.74, 6) is -0.0508. The van der Waals surface area contributed by atoms with Crippen LogP contribution in [0.2, 0.25) is 0 Å². The average molecular weight is 272 g/mol. The summed E-state index contributed by atoms with van der Waals surface area (Å²) < 4.78 is 39.9. The topological polar surface area (TPSA) is 85.5 Å². The van der Waals surface area contributed by atoms with Gasteiger partial charge in [0.2, 0.25) is 0 Å². The van der Waals surface area contributed by atoms with Gasteiger partial charge in [-0.15, -0.1) is 0 Å². The van der Waals surface area contributed by atoms with E-state index in [1.165, 1.54) is 4.68 Å². The highest BCUT2D eigenvalue weighted by Crippen LogP contribution is 2.28. The third-order valence-electron chi connectivity index (χ3n) is 2.56. The molecule has 0 bridgehead atoms. The predicted octanol–water partition coefficient (Wildman–Crippen LogP) is 1.22. The Balaban J connectivity index is 2.60. The van der Waals surface area contributed by atoms with E-state index >= 15 is 0 Å². The van der Waals surface area contributed by atoms with Gasteiger partial charge in [-0.3, -0.25) is 10.1 Å². The van der Waals surface area contributed by atoms with Crippen LogP contribution in [0, 0.1) is 12.3 Å². The third kappa shape index (κ3) is 2.18. The Morgan fingerprint density at radius 3 is 2.47 bits per heavy atom. The van der Waals surface area contributed by atoms with Crippen molar-refractivity contribution >= 4 is 5.84 Å². The number of amidine groups is 1. The molecule has 0 fully saturated rings. The lowest BCUT2D eigenvalue weighted by Gasteiger charge is -2.06. The van der Waals surface area contributed by atoms with E-state index in [4.69, 9.17) is 11.1 Å². The van der Waals surface area contributed by atoms with Crippen molar-refractivity contribution in [2.75, 3.05) is 0 Å². The van der Waals surface area contributed by atoms with Gasteiger partial charge in [-0.1, -0.05) is 0 Å². The molecule has 2 heterocycles. The maximum absolute atomic E-state index is 12.5. The maximum atomic E-state index is 12.5. The summed E-state index contributed by atoms with van der Waals surface area (Å²) in [4.78, 5) is 0. The molecule has 0 radical (unpaired) electrons. The maximum Gasteiger partial charge on any atom is 0.435 e. The minimum atomic E-state index is -4.52. The molecular weight excluding hydrogens is 261 g/mol. The van der Waals surface area contributed by atoms with Crippen LogP contribution in [-0.2, 0) is 13.2 Å². The quantitative estimate of drug-likeness (QED) is 0.636. The summed E-state index contributed by atoms with van der Waals surface area (Å²) in [6, 6.07) is 0.853. The van der Waals surface area contributed by atoms with Crippen molar-refractivity contribution in [1.82, 2.24) is 19.6 Å². The molecule has 0 saturated heterocycles. The van der Waals surface area contributed by atoms with E-state index in [1.54, 1.807) is 14.0 Å². The van der Waals surface area contributed by atoms with E-state index in [0.29, 0.717) is 5.69 Å². The molecule has 0 aliphatic heterocycles. The molecule has 2 rings (SSSR count). The first-order chi connectivity index (χ1) is 8.71. The van der Waals surface area contributed by atoms with Crippen molar-refractivity contribution < 1.29 is 13.2 Å². The monoisotopic (exact) mass is 272 g/mol. The second-order valence-electron chi connectivity index (χ2n) is 3.96. The first-order valence-corrected chi connectivity index (χ1v) is 5.23. The van der Waals surface area contributed by atoms with Crippen LogP contribution in [0.1, 0.15) is 17.0 Å². The van der Waals surface area contributed by atoms with Gasteiger partial charge in [0.25, 0.3) is 0 Å². The van der Waals surface area contributed by atoms with Crippen molar-refractivity contribution in [2.45, 2.75) is 13.1 Å². The Labute approximate surface area is 106 Å². The lowest BCUT2D eigenvalue weighted by Crippen LogP contribution is -2.17. The number of rotatable bonds is 2. The molecule has 0 saturated carbocycles. The van der Waals surface area contributed by atoms with Crippen molar-refractivity contribution in [3.63, 3.8) is 0 Å². The van der Waals surface area contributed by atoms with Gasteiger partial charge >= 0.3 is 6.18 Å². The van der Waals surface area contributed by atoms with Gasteiger partial charge in [-0.25, -0.2) is 4.68 Å². The number of aromatic nitrogens is 4. The zero-order valence-corrected chi connectivity index (χ0v) is 10.2. The van der Waals surface area contributed by atoms with Crippen LogP contribution in [0.3, 0.4) is 0 Å². The molecule has 0 unspecified atom stereocenters. The number of alkyl halides is 3. The second-order valence-corrected chi connectivity index (χ2v) is 3.96. The first kappa shape index (κ1) is 13.1. The Hall–Kier alpha value is -2.32. The fourth-order valence-corrected chi connectivity index (χ4v) is 1.82. The van der Waals surface area contributed by atoms with Gasteiger partial charge in [0.15, 0.2) is 11.5 Å². The molecule has 19 heavy (non-hydrogen) atoms. The van der Waals surface area contributed by atoms with E-state index in [-0.39, 0.29) is 17.2 Å². The fourth-order valence-electron chi connectivity index (χ4n) is 1.82. The normalized spacial score (nSPS) is 11.8. The van der Waals surface area contributed by atoms with Gasteiger partial charge in [-0.2, -0.15) is 23.4 Å². The van der Waals surface area contributed by atoms with Crippen molar-refractivity contribution in [2.24, 2.45) is 12.8 Å². The molecule has 102 valence electrons. The smallest absolute Gasteiger partial charge is 0.384 e. The van der Waals surface area contributed by atoms with E-state index < -0.39 is 11.9 Å². The molecule has 0 aliphatic carbocycles. The van der Waals surface area contributed by atoms with Crippen LogP contribution in [0.25, 0.3) is 5.82 Å². The van der Waals surface area contributed by atoms with E-state index in [2.05, 4.69) is 10.2 Å². The highest BCUT2D eigenvalue weighted by Gasteiger charge is 2.34. The number of nitrogens with two attached hydrogens (primary N) is 1. The first-order valence-electron chi connectivity index (χ1n) is 5.23. The summed E-state index contributed by atoms with van der Waals surface area (Å²) in [7, 11) is 1.55. The fraction of sp³-hybridized carbons (Fsp3) is 0.300. The van der Waals surface area contributed by atoms with Gasteiger partial charge < -0.3 is 5.73 Å².